The molecule has 0 radical (unpaired) electrons. The SMILES string of the molecule is CCCCCCC(=O)OC(COCCCC)COc1c2ccccc2c(OCC(COCCCC)OC(=O)CCCCCC)c2ccccc12. The molecule has 0 spiro atoms. The highest BCUT2D eigenvalue weighted by atomic mass is 16.6. The monoisotopic (exact) mass is 694 g/mol. The van der Waals surface area contributed by atoms with Crippen LogP contribution in [0.3, 0.4) is 0 Å². The van der Waals surface area contributed by atoms with Crippen LogP contribution >= 0.6 is 0 Å². The van der Waals surface area contributed by atoms with Gasteiger partial charge in [-0.05, 0) is 25.7 Å². The van der Waals surface area contributed by atoms with Gasteiger partial charge in [0.15, 0.2) is 12.2 Å². The summed E-state index contributed by atoms with van der Waals surface area (Å²) in [5.41, 5.74) is 0. The Hall–Kier alpha value is -3.36. The van der Waals surface area contributed by atoms with E-state index in [0.717, 1.165) is 98.6 Å². The van der Waals surface area contributed by atoms with Crippen LogP contribution in [-0.2, 0) is 28.5 Å². The van der Waals surface area contributed by atoms with Crippen molar-refractivity contribution >= 4 is 33.5 Å². The normalized spacial score (nSPS) is 12.6. The minimum absolute atomic E-state index is 0.159. The molecule has 0 heterocycles. The third-order valence-corrected chi connectivity index (χ3v) is 8.62. The van der Waals surface area contributed by atoms with Crippen LogP contribution in [0.15, 0.2) is 48.5 Å². The Bertz CT molecular complexity index is 1230. The maximum Gasteiger partial charge on any atom is 0.306 e. The summed E-state index contributed by atoms with van der Waals surface area (Å²) in [6.45, 7) is 10.6. The van der Waals surface area contributed by atoms with Gasteiger partial charge < -0.3 is 28.4 Å². The Kier molecular flexibility index (Phi) is 20.3. The van der Waals surface area contributed by atoms with Gasteiger partial charge in [0.05, 0.1) is 13.2 Å². The van der Waals surface area contributed by atoms with Crippen molar-refractivity contribution in [2.24, 2.45) is 0 Å². The molecule has 0 aliphatic heterocycles. The molecule has 0 fully saturated rings. The molecule has 8 heteroatoms. The molecule has 0 bridgehead atoms. The van der Waals surface area contributed by atoms with E-state index in [4.69, 9.17) is 28.4 Å². The summed E-state index contributed by atoms with van der Waals surface area (Å²) in [7, 11) is 0. The van der Waals surface area contributed by atoms with E-state index < -0.39 is 12.2 Å². The Morgan fingerprint density at radius 1 is 0.480 bits per heavy atom. The van der Waals surface area contributed by atoms with Crippen molar-refractivity contribution in [1.82, 2.24) is 0 Å². The van der Waals surface area contributed by atoms with Crippen molar-refractivity contribution in [3.8, 4) is 11.5 Å². The molecule has 0 N–H and O–H groups in total. The van der Waals surface area contributed by atoms with E-state index in [1.54, 1.807) is 0 Å². The van der Waals surface area contributed by atoms with E-state index in [1.807, 2.05) is 48.5 Å². The van der Waals surface area contributed by atoms with Crippen molar-refractivity contribution in [2.45, 2.75) is 130 Å². The van der Waals surface area contributed by atoms with E-state index in [-0.39, 0.29) is 38.4 Å². The number of esters is 2. The lowest BCUT2D eigenvalue weighted by Gasteiger charge is -2.23. The Morgan fingerprint density at radius 3 is 1.18 bits per heavy atom. The van der Waals surface area contributed by atoms with Crippen LogP contribution in [0.1, 0.15) is 118 Å². The number of carbonyl (C=O) groups is 2. The van der Waals surface area contributed by atoms with E-state index >= 15 is 0 Å². The van der Waals surface area contributed by atoms with Gasteiger partial charge >= 0.3 is 11.9 Å². The molecule has 2 atom stereocenters. The number of carbonyl (C=O) groups excluding carboxylic acids is 2. The predicted molar refractivity (Wildman–Crippen MR) is 201 cm³/mol. The van der Waals surface area contributed by atoms with Gasteiger partial charge in [0.25, 0.3) is 0 Å². The lowest BCUT2D eigenvalue weighted by molar-refractivity contribution is -0.155. The molecule has 3 aromatic rings. The maximum absolute atomic E-state index is 12.8. The van der Waals surface area contributed by atoms with Gasteiger partial charge in [0.1, 0.15) is 24.7 Å². The smallest absolute Gasteiger partial charge is 0.306 e. The molecule has 0 saturated carbocycles. The summed E-state index contributed by atoms with van der Waals surface area (Å²) < 4.78 is 36.7. The van der Waals surface area contributed by atoms with Gasteiger partial charge in [-0.2, -0.15) is 0 Å². The van der Waals surface area contributed by atoms with Crippen molar-refractivity contribution in [2.75, 3.05) is 39.6 Å². The van der Waals surface area contributed by atoms with Gasteiger partial charge in [0, 0.05) is 47.6 Å². The highest BCUT2D eigenvalue weighted by molar-refractivity contribution is 6.11. The number of hydrogen-bond acceptors (Lipinski definition) is 8. The molecule has 3 aromatic carbocycles. The number of rotatable bonds is 28. The molecule has 3 rings (SSSR count). The van der Waals surface area contributed by atoms with Gasteiger partial charge in [-0.3, -0.25) is 9.59 Å². The second kappa shape index (κ2) is 24.7. The molecule has 0 aliphatic rings. The van der Waals surface area contributed by atoms with Crippen LogP contribution in [-0.4, -0.2) is 63.8 Å². The summed E-state index contributed by atoms with van der Waals surface area (Å²) >= 11 is 0. The average Bonchev–Trinajstić information content (AvgIpc) is 3.13. The first kappa shape index (κ1) is 41.1. The number of ether oxygens (including phenoxy) is 6. The third-order valence-electron chi connectivity index (χ3n) is 8.62. The number of hydrogen-bond donors (Lipinski definition) is 0. The summed E-state index contributed by atoms with van der Waals surface area (Å²) in [5.74, 6) is 0.947. The second-order valence-corrected chi connectivity index (χ2v) is 13.1. The fourth-order valence-electron chi connectivity index (χ4n) is 5.75. The van der Waals surface area contributed by atoms with Crippen LogP contribution in [0.4, 0.5) is 0 Å². The number of benzene rings is 3. The van der Waals surface area contributed by atoms with Gasteiger partial charge in [-0.1, -0.05) is 128 Å². The predicted octanol–water partition coefficient (Wildman–Crippen LogP) is 10.1. The minimum Gasteiger partial charge on any atom is -0.488 e. The third kappa shape index (κ3) is 14.5. The Balaban J connectivity index is 1.83. The number of unbranched alkanes of at least 4 members (excludes halogenated alkanes) is 8. The largest absolute Gasteiger partial charge is 0.488 e. The molecule has 278 valence electrons. The van der Waals surface area contributed by atoms with Crippen molar-refractivity contribution in [3.05, 3.63) is 48.5 Å². The Labute approximate surface area is 300 Å². The second-order valence-electron chi connectivity index (χ2n) is 13.1. The van der Waals surface area contributed by atoms with E-state index in [2.05, 4.69) is 27.7 Å². The van der Waals surface area contributed by atoms with E-state index in [9.17, 15) is 9.59 Å². The van der Waals surface area contributed by atoms with Crippen LogP contribution < -0.4 is 9.47 Å². The fraction of sp³-hybridized carbons (Fsp3) is 0.619. The lowest BCUT2D eigenvalue weighted by Crippen LogP contribution is -2.30. The zero-order valence-corrected chi connectivity index (χ0v) is 31.2. The first-order chi connectivity index (χ1) is 24.5. The fourth-order valence-corrected chi connectivity index (χ4v) is 5.75. The molecule has 2 unspecified atom stereocenters. The summed E-state index contributed by atoms with van der Waals surface area (Å²) in [5, 5.41) is 3.51. The topological polar surface area (TPSA) is 89.5 Å². The summed E-state index contributed by atoms with van der Waals surface area (Å²) in [6, 6.07) is 15.9. The molecule has 0 saturated heterocycles. The molecule has 50 heavy (non-hydrogen) atoms. The van der Waals surface area contributed by atoms with Gasteiger partial charge in [-0.25, -0.2) is 0 Å². The lowest BCUT2D eigenvalue weighted by atomic mass is 10.0. The van der Waals surface area contributed by atoms with Gasteiger partial charge in [-0.15, -0.1) is 0 Å². The molecule has 0 aliphatic carbocycles. The summed E-state index contributed by atoms with van der Waals surface area (Å²) in [6.07, 6.45) is 11.8. The first-order valence-electron chi connectivity index (χ1n) is 19.3. The van der Waals surface area contributed by atoms with Crippen molar-refractivity contribution in [1.29, 1.82) is 0 Å². The average molecular weight is 695 g/mol. The van der Waals surface area contributed by atoms with Crippen LogP contribution in [0.25, 0.3) is 21.5 Å². The van der Waals surface area contributed by atoms with Crippen LogP contribution in [0.2, 0.25) is 0 Å². The van der Waals surface area contributed by atoms with Crippen LogP contribution in [0.5, 0.6) is 11.5 Å². The minimum atomic E-state index is -0.538. The van der Waals surface area contributed by atoms with Crippen LogP contribution in [0, 0.1) is 0 Å². The Morgan fingerprint density at radius 2 is 0.840 bits per heavy atom. The standard InChI is InChI=1S/C42H62O8/c1-5-9-13-15-25-39(43)49-33(29-45-27-11-7-3)31-47-41-35-21-17-19-23-37(35)42(38-24-20-18-22-36(38)41)48-32-34(30-46-28-12-8-4)50-40(44)26-16-14-10-6-2/h17-24,33-34H,5-16,25-32H2,1-4H3. The van der Waals surface area contributed by atoms with Gasteiger partial charge in [0.2, 0.25) is 0 Å². The molecule has 0 aromatic heterocycles. The van der Waals surface area contributed by atoms with Crippen molar-refractivity contribution < 1.29 is 38.0 Å². The number of fused-ring (bicyclic) bond motifs is 2. The zero-order valence-electron chi connectivity index (χ0n) is 31.2. The molecular formula is C42H62O8. The summed E-state index contributed by atoms with van der Waals surface area (Å²) in [4.78, 5) is 25.5. The maximum atomic E-state index is 12.8. The highest BCUT2D eigenvalue weighted by Gasteiger charge is 2.22. The zero-order chi connectivity index (χ0) is 35.8. The quantitative estimate of drug-likeness (QED) is 0.0422. The van der Waals surface area contributed by atoms with Crippen molar-refractivity contribution in [3.63, 3.8) is 0 Å². The van der Waals surface area contributed by atoms with E-state index in [0.29, 0.717) is 37.6 Å². The highest BCUT2D eigenvalue weighted by Crippen LogP contribution is 2.43. The first-order valence-corrected chi connectivity index (χ1v) is 19.3. The van der Waals surface area contributed by atoms with E-state index in [1.165, 1.54) is 0 Å². The molecular weight excluding hydrogens is 632 g/mol. The molecule has 8 nitrogen and oxygen atoms in total. The molecule has 0 amide bonds.